The normalized spacial score (nSPS) is 11.9. The van der Waals surface area contributed by atoms with Gasteiger partial charge in [-0.1, -0.05) is 29.3 Å². The number of nitrogens with one attached hydrogen (secondary N) is 4. The molecule has 384 valence electrons. The summed E-state index contributed by atoms with van der Waals surface area (Å²) in [6, 6.07) is 18.4. The summed E-state index contributed by atoms with van der Waals surface area (Å²) in [6.45, 7) is -1.36. The van der Waals surface area contributed by atoms with E-state index in [-0.39, 0.29) is 120 Å². The highest BCUT2D eigenvalue weighted by Gasteiger charge is 2.20. The second-order valence-corrected chi connectivity index (χ2v) is 19.4. The van der Waals surface area contributed by atoms with Crippen LogP contribution in [0, 0.1) is 0 Å². The Kier molecular flexibility index (Phi) is 18.6. The maximum absolute atomic E-state index is 12.8. The minimum atomic E-state index is -4.93. The van der Waals surface area contributed by atoms with E-state index in [9.17, 15) is 59.3 Å². The van der Waals surface area contributed by atoms with Crippen LogP contribution in [0.3, 0.4) is 0 Å². The standard InChI is InChI=1S/C40H44N12O16S4/c53-19-15-51(16-20-54)39-47-35(41-27-7-11-31(12-8-27)70(58,59)60)45-37(49-39)43-29-5-3-25(33(23-29)69-68-67-57)1-2-26-4-6-30(24-34(26)72(64,65)66)44-38-46-36(48-40(50-38)52(17-21-55)18-22-56)42-28-9-13-32(14-10-28)71(61,62)63/h1-14,23-24,53-57H,15-22H2,(H,58,59,60)(H,61,62,63)(H,64,65,66)(H2,41,43,45,47,49)(H2,42,44,46,48,50). The van der Waals surface area contributed by atoms with Crippen molar-refractivity contribution in [2.75, 3.05) is 83.7 Å². The molecule has 0 bridgehead atoms. The summed E-state index contributed by atoms with van der Waals surface area (Å²) in [5.41, 5.74) is 1.31. The van der Waals surface area contributed by atoms with Gasteiger partial charge in [0.25, 0.3) is 30.4 Å². The second kappa shape index (κ2) is 24.6. The molecule has 6 rings (SSSR count). The van der Waals surface area contributed by atoms with Crippen LogP contribution in [0.15, 0.2) is 105 Å². The molecule has 0 unspecified atom stereocenters. The number of hydrogen-bond donors (Lipinski definition) is 12. The van der Waals surface area contributed by atoms with Gasteiger partial charge >= 0.3 is 0 Å². The summed E-state index contributed by atoms with van der Waals surface area (Å²) in [4.78, 5) is 28.1. The number of aromatic nitrogens is 6. The van der Waals surface area contributed by atoms with Crippen LogP contribution in [-0.4, -0.2) is 147 Å². The molecule has 12 N–H and O–H groups in total. The van der Waals surface area contributed by atoms with Crippen LogP contribution in [0.5, 0.6) is 0 Å². The van der Waals surface area contributed by atoms with E-state index in [1.54, 1.807) is 12.1 Å². The lowest BCUT2D eigenvalue weighted by atomic mass is 10.1. The lowest BCUT2D eigenvalue weighted by Gasteiger charge is -2.21. The molecule has 0 saturated carbocycles. The maximum Gasteiger partial charge on any atom is 0.295 e. The molecule has 0 aliphatic carbocycles. The lowest BCUT2D eigenvalue weighted by Crippen LogP contribution is -2.31. The SMILES string of the molecule is O=S(=O)(O)c1ccc(Nc2nc(Nc3ccc(C=Cc4ccc(Nc5nc(Nc6ccc(S(=O)(=O)O)cc6)nc(N(CCO)CCO)n5)cc4S(=O)(=O)O)c(SOOO)c3)nc(N(CCO)CCO)n2)cc1. The molecule has 2 heterocycles. The maximum atomic E-state index is 12.8. The van der Waals surface area contributed by atoms with Crippen LogP contribution in [0.4, 0.5) is 58.4 Å². The molecule has 0 radical (unpaired) electrons. The van der Waals surface area contributed by atoms with Crippen molar-refractivity contribution in [2.45, 2.75) is 19.6 Å². The molecule has 0 atom stereocenters. The number of rotatable bonds is 26. The molecule has 0 aliphatic rings. The predicted molar refractivity (Wildman–Crippen MR) is 260 cm³/mol. The van der Waals surface area contributed by atoms with Crippen LogP contribution >= 0.6 is 12.0 Å². The van der Waals surface area contributed by atoms with Gasteiger partial charge in [0, 0.05) is 53.8 Å². The van der Waals surface area contributed by atoms with Gasteiger partial charge in [0.15, 0.2) is 0 Å². The molecule has 28 nitrogen and oxygen atoms in total. The van der Waals surface area contributed by atoms with Crippen LogP contribution in [0.25, 0.3) is 12.2 Å². The Hall–Kier alpha value is -6.76. The van der Waals surface area contributed by atoms with Gasteiger partial charge in [0.2, 0.25) is 35.7 Å². The molecule has 0 amide bonds. The van der Waals surface area contributed by atoms with Gasteiger partial charge in [-0.2, -0.15) is 55.2 Å². The molecule has 4 aromatic carbocycles. The van der Waals surface area contributed by atoms with Gasteiger partial charge < -0.3 is 51.5 Å². The predicted octanol–water partition coefficient (Wildman–Crippen LogP) is 2.95. The molecule has 2 aromatic heterocycles. The Labute approximate surface area is 414 Å². The van der Waals surface area contributed by atoms with E-state index < -0.39 is 35.2 Å². The molecule has 32 heteroatoms. The summed E-state index contributed by atoms with van der Waals surface area (Å²) < 4.78 is 106. The Morgan fingerprint density at radius 1 is 0.486 bits per heavy atom. The van der Waals surface area contributed by atoms with Gasteiger partial charge in [-0.3, -0.25) is 13.7 Å². The van der Waals surface area contributed by atoms with Crippen molar-refractivity contribution in [3.8, 4) is 0 Å². The summed E-state index contributed by atoms with van der Waals surface area (Å²) >= 11 is 0.541. The smallest absolute Gasteiger partial charge is 0.295 e. The summed E-state index contributed by atoms with van der Waals surface area (Å²) in [5.74, 6) is -0.442. The van der Waals surface area contributed by atoms with E-state index in [2.05, 4.69) is 56.2 Å². The van der Waals surface area contributed by atoms with Gasteiger partial charge in [-0.05, 0) is 83.9 Å². The van der Waals surface area contributed by atoms with Crippen LogP contribution in [0.1, 0.15) is 11.1 Å². The van der Waals surface area contributed by atoms with Crippen molar-refractivity contribution in [3.63, 3.8) is 0 Å². The highest BCUT2D eigenvalue weighted by atomic mass is 32.2. The van der Waals surface area contributed by atoms with E-state index in [1.807, 2.05) is 0 Å². The highest BCUT2D eigenvalue weighted by molar-refractivity contribution is 7.94. The lowest BCUT2D eigenvalue weighted by molar-refractivity contribution is -0.432. The highest BCUT2D eigenvalue weighted by Crippen LogP contribution is 2.32. The molecule has 0 fully saturated rings. The molecule has 6 aromatic rings. The minimum Gasteiger partial charge on any atom is -0.395 e. The first-order chi connectivity index (χ1) is 34.3. The minimum absolute atomic E-state index is 0.00897. The number of benzene rings is 4. The average molecular weight is 1080 g/mol. The van der Waals surface area contributed by atoms with Crippen molar-refractivity contribution >= 4 is 113 Å². The van der Waals surface area contributed by atoms with Gasteiger partial charge in [-0.25, -0.2) is 5.26 Å². The molecule has 0 aliphatic heterocycles. The number of aliphatic hydroxyl groups is 4. The van der Waals surface area contributed by atoms with Gasteiger partial charge in [-0.15, -0.1) is 4.33 Å². The first kappa shape index (κ1) is 54.6. The summed E-state index contributed by atoms with van der Waals surface area (Å²) in [7, 11) is -13.9. The van der Waals surface area contributed by atoms with E-state index in [0.29, 0.717) is 29.0 Å². The fraction of sp³-hybridized carbons (Fsp3) is 0.200. The van der Waals surface area contributed by atoms with Crippen LogP contribution < -0.4 is 31.1 Å². The molecule has 0 spiro atoms. The Balaban J connectivity index is 1.30. The van der Waals surface area contributed by atoms with E-state index in [0.717, 1.165) is 30.3 Å². The number of hydrogen-bond acceptors (Lipinski definition) is 26. The van der Waals surface area contributed by atoms with Gasteiger partial charge in [0.05, 0.1) is 48.3 Å². The Morgan fingerprint density at radius 2 is 0.847 bits per heavy atom. The monoisotopic (exact) mass is 1080 g/mol. The fourth-order valence-electron chi connectivity index (χ4n) is 6.31. The third-order valence-electron chi connectivity index (χ3n) is 9.52. The summed E-state index contributed by atoms with van der Waals surface area (Å²) in [5, 5.41) is 63.2. The number of aliphatic hydroxyl groups excluding tert-OH is 4. The molecule has 0 saturated heterocycles. The van der Waals surface area contributed by atoms with Crippen LogP contribution in [0.2, 0.25) is 0 Å². The van der Waals surface area contributed by atoms with Crippen molar-refractivity contribution < 1.29 is 74.0 Å². The van der Waals surface area contributed by atoms with Crippen molar-refractivity contribution in [1.29, 1.82) is 0 Å². The number of anilines is 10. The topological polar surface area (TPSA) is 415 Å². The Morgan fingerprint density at radius 3 is 1.22 bits per heavy atom. The van der Waals surface area contributed by atoms with Gasteiger partial charge in [0.1, 0.15) is 4.90 Å². The molecule has 72 heavy (non-hydrogen) atoms. The zero-order chi connectivity index (χ0) is 52.1. The molecular weight excluding hydrogens is 1030 g/mol. The van der Waals surface area contributed by atoms with Crippen molar-refractivity contribution in [3.05, 3.63) is 96.1 Å². The zero-order valence-corrected chi connectivity index (χ0v) is 40.2. The zero-order valence-electron chi connectivity index (χ0n) is 36.9. The summed E-state index contributed by atoms with van der Waals surface area (Å²) in [6.07, 6.45) is 2.81. The average Bonchev–Trinajstić information content (AvgIpc) is 3.32. The fourth-order valence-corrected chi connectivity index (χ4v) is 8.49. The van der Waals surface area contributed by atoms with E-state index >= 15 is 0 Å². The third kappa shape index (κ3) is 15.4. The quantitative estimate of drug-likeness (QED) is 0.0122. The molecular formula is C40H44N12O16S4. The third-order valence-corrected chi connectivity index (χ3v) is 12.8. The first-order valence-electron chi connectivity index (χ1n) is 20.6. The first-order valence-corrected chi connectivity index (χ1v) is 25.6. The number of nitrogens with zero attached hydrogens (tertiary/aromatic N) is 8. The van der Waals surface area contributed by atoms with Crippen molar-refractivity contribution in [1.82, 2.24) is 29.9 Å². The largest absolute Gasteiger partial charge is 0.395 e. The Bertz CT molecular complexity index is 3190. The van der Waals surface area contributed by atoms with E-state index in [4.69, 9.17) is 9.59 Å². The van der Waals surface area contributed by atoms with Crippen LogP contribution in [-0.2, 0) is 39.7 Å². The van der Waals surface area contributed by atoms with Crippen molar-refractivity contribution in [2.24, 2.45) is 0 Å². The second-order valence-electron chi connectivity index (χ2n) is 14.5. The van der Waals surface area contributed by atoms with E-state index in [1.165, 1.54) is 64.4 Å².